The Kier molecular flexibility index (Phi) is 4.88. The van der Waals surface area contributed by atoms with Gasteiger partial charge in [0.2, 0.25) is 5.91 Å². The summed E-state index contributed by atoms with van der Waals surface area (Å²) in [6.07, 6.45) is -0.787. The van der Waals surface area contributed by atoms with Gasteiger partial charge in [-0.15, -0.1) is 0 Å². The number of carbonyl (C=O) groups is 2. The molecule has 7 heteroatoms. The van der Waals surface area contributed by atoms with Crippen molar-refractivity contribution in [1.29, 1.82) is 0 Å². The number of hydrogen-bond donors (Lipinski definition) is 0. The zero-order chi connectivity index (χ0) is 19.6. The molecular weight excluding hydrogens is 344 g/mol. The largest absolute Gasteiger partial charge is 0.443 e. The van der Waals surface area contributed by atoms with Crippen LogP contribution in [0.3, 0.4) is 0 Å². The molecule has 2 aromatic carbocycles. The number of rotatable bonds is 2. The Bertz CT molecular complexity index is 914. The molecule has 0 unspecified atom stereocenters. The quantitative estimate of drug-likeness (QED) is 0.436. The highest BCUT2D eigenvalue weighted by Gasteiger charge is 2.44. The Balaban J connectivity index is 2.17. The molecule has 0 aliphatic carbocycles. The van der Waals surface area contributed by atoms with Gasteiger partial charge in [0.15, 0.2) is 0 Å². The first-order chi connectivity index (χ1) is 12.8. The maximum atomic E-state index is 13.1. The van der Waals surface area contributed by atoms with E-state index in [4.69, 9.17) is 10.3 Å². The first-order valence-corrected chi connectivity index (χ1v) is 8.58. The van der Waals surface area contributed by atoms with Crippen LogP contribution >= 0.6 is 0 Å². The number of amides is 2. The average Bonchev–Trinajstić information content (AvgIpc) is 2.61. The second-order valence-electron chi connectivity index (χ2n) is 7.25. The van der Waals surface area contributed by atoms with Crippen LogP contribution in [0.2, 0.25) is 0 Å². The topological polar surface area (TPSA) is 95.4 Å². The molecule has 27 heavy (non-hydrogen) atoms. The van der Waals surface area contributed by atoms with Gasteiger partial charge < -0.3 is 4.74 Å². The monoisotopic (exact) mass is 364 g/mol. The van der Waals surface area contributed by atoms with Gasteiger partial charge in [-0.25, -0.2) is 9.69 Å². The molecule has 1 aliphatic heterocycles. The fourth-order valence-electron chi connectivity index (χ4n) is 3.21. The van der Waals surface area contributed by atoms with E-state index in [-0.39, 0.29) is 0 Å². The van der Waals surface area contributed by atoms with Crippen LogP contribution in [-0.2, 0) is 9.53 Å². The number of fused-ring (bicyclic) bond motifs is 1. The summed E-state index contributed by atoms with van der Waals surface area (Å²) >= 11 is 0. The summed E-state index contributed by atoms with van der Waals surface area (Å²) in [7, 11) is 0. The minimum atomic E-state index is -1.08. The first kappa shape index (κ1) is 18.5. The summed E-state index contributed by atoms with van der Waals surface area (Å²) in [5, 5.41) is 3.73. The van der Waals surface area contributed by atoms with E-state index in [0.717, 1.165) is 16.0 Å². The third kappa shape index (κ3) is 3.64. The zero-order valence-electron chi connectivity index (χ0n) is 15.4. The van der Waals surface area contributed by atoms with E-state index in [1.165, 1.54) is 0 Å². The van der Waals surface area contributed by atoms with Crippen LogP contribution < -0.4 is 4.90 Å². The molecule has 0 bridgehead atoms. The predicted molar refractivity (Wildman–Crippen MR) is 101 cm³/mol. The lowest BCUT2D eigenvalue weighted by Gasteiger charge is -2.37. The van der Waals surface area contributed by atoms with Crippen LogP contribution in [0.1, 0.15) is 37.8 Å². The van der Waals surface area contributed by atoms with E-state index in [2.05, 4.69) is 10.0 Å². The molecular formula is C20H20N4O3. The maximum absolute atomic E-state index is 13.1. The number of ether oxygens (including phenoxy) is 1. The molecule has 0 aromatic heterocycles. The third-order valence-electron chi connectivity index (χ3n) is 4.21. The Morgan fingerprint density at radius 2 is 1.74 bits per heavy atom. The number of hydrogen-bond acceptors (Lipinski definition) is 4. The van der Waals surface area contributed by atoms with Gasteiger partial charge in [0, 0.05) is 10.8 Å². The predicted octanol–water partition coefficient (Wildman–Crippen LogP) is 4.78. The maximum Gasteiger partial charge on any atom is 0.421 e. The fourth-order valence-corrected chi connectivity index (χ4v) is 3.21. The minimum absolute atomic E-state index is 0.440. The van der Waals surface area contributed by atoms with E-state index in [1.807, 2.05) is 42.5 Å². The summed E-state index contributed by atoms with van der Waals surface area (Å²) in [6, 6.07) is 15.3. The summed E-state index contributed by atoms with van der Waals surface area (Å²) in [5.74, 6) is -1.08. The van der Waals surface area contributed by atoms with Crippen LogP contribution in [-0.4, -0.2) is 23.6 Å². The number of benzene rings is 2. The second-order valence-corrected chi connectivity index (χ2v) is 7.25. The lowest BCUT2D eigenvalue weighted by molar-refractivity contribution is -0.120. The van der Waals surface area contributed by atoms with Gasteiger partial charge >= 0.3 is 6.09 Å². The molecule has 0 N–H and O–H groups in total. The summed E-state index contributed by atoms with van der Waals surface area (Å²) < 4.78 is 5.40. The van der Waals surface area contributed by atoms with Gasteiger partial charge in [-0.2, -0.15) is 0 Å². The van der Waals surface area contributed by atoms with E-state index >= 15 is 0 Å². The summed E-state index contributed by atoms with van der Waals surface area (Å²) in [6.45, 7) is 5.18. The Labute approximate surface area is 157 Å². The molecule has 0 radical (unpaired) electrons. The molecule has 2 amide bonds. The van der Waals surface area contributed by atoms with E-state index in [9.17, 15) is 9.59 Å². The molecule has 2 aromatic rings. The average molecular weight is 364 g/mol. The number of nitrogens with zero attached hydrogens (tertiary/aromatic N) is 4. The van der Waals surface area contributed by atoms with Gasteiger partial charge in [-0.3, -0.25) is 4.79 Å². The Morgan fingerprint density at radius 3 is 2.37 bits per heavy atom. The molecule has 0 saturated heterocycles. The van der Waals surface area contributed by atoms with Crippen molar-refractivity contribution in [2.75, 3.05) is 4.90 Å². The number of anilines is 1. The Morgan fingerprint density at radius 1 is 1.11 bits per heavy atom. The first-order valence-electron chi connectivity index (χ1n) is 8.58. The van der Waals surface area contributed by atoms with Gasteiger partial charge in [0.1, 0.15) is 11.6 Å². The highest BCUT2D eigenvalue weighted by molar-refractivity contribution is 6.17. The van der Waals surface area contributed by atoms with Crippen molar-refractivity contribution in [1.82, 2.24) is 0 Å². The van der Waals surface area contributed by atoms with Crippen molar-refractivity contribution in [3.8, 4) is 0 Å². The molecule has 0 saturated carbocycles. The van der Waals surface area contributed by atoms with E-state index < -0.39 is 29.6 Å². The van der Waals surface area contributed by atoms with Crippen molar-refractivity contribution in [2.24, 2.45) is 5.11 Å². The van der Waals surface area contributed by atoms with E-state index in [1.54, 1.807) is 32.9 Å². The minimum Gasteiger partial charge on any atom is -0.443 e. The van der Waals surface area contributed by atoms with Crippen molar-refractivity contribution < 1.29 is 14.3 Å². The standard InChI is InChI=1S/C20H20N4O3/c1-20(2,3)27-19(26)24-15-12-8-7-11-14(15)16(13-9-5-4-6-10-13)17(18(24)25)22-23-21/h4-12,16-17H,1-3H3/t16-,17+/m0/s1. The van der Waals surface area contributed by atoms with Crippen molar-refractivity contribution >= 4 is 17.7 Å². The number of azide groups is 1. The highest BCUT2D eigenvalue weighted by Crippen LogP contribution is 2.42. The third-order valence-corrected chi connectivity index (χ3v) is 4.21. The summed E-state index contributed by atoms with van der Waals surface area (Å²) in [4.78, 5) is 29.7. The van der Waals surface area contributed by atoms with Crippen molar-refractivity contribution in [2.45, 2.75) is 38.3 Å². The summed E-state index contributed by atoms with van der Waals surface area (Å²) in [5.41, 5.74) is 10.3. The van der Waals surface area contributed by atoms with Gasteiger partial charge in [-0.1, -0.05) is 53.6 Å². The van der Waals surface area contributed by atoms with Crippen LogP contribution in [0.4, 0.5) is 10.5 Å². The fraction of sp³-hybridized carbons (Fsp3) is 0.300. The van der Waals surface area contributed by atoms with Crippen LogP contribution in [0.25, 0.3) is 10.4 Å². The Hall–Kier alpha value is -3.31. The molecule has 1 aliphatic rings. The van der Waals surface area contributed by atoms with Crippen LogP contribution in [0, 0.1) is 0 Å². The van der Waals surface area contributed by atoms with Crippen molar-refractivity contribution in [3.05, 3.63) is 76.2 Å². The number of para-hydroxylation sites is 1. The second kappa shape index (κ2) is 7.13. The molecule has 7 nitrogen and oxygen atoms in total. The molecule has 138 valence electrons. The highest BCUT2D eigenvalue weighted by atomic mass is 16.6. The molecule has 0 fully saturated rings. The zero-order valence-corrected chi connectivity index (χ0v) is 15.4. The van der Waals surface area contributed by atoms with Crippen molar-refractivity contribution in [3.63, 3.8) is 0 Å². The van der Waals surface area contributed by atoms with Crippen LogP contribution in [0.5, 0.6) is 0 Å². The van der Waals surface area contributed by atoms with Gasteiger partial charge in [0.05, 0.1) is 5.69 Å². The number of carbonyl (C=O) groups excluding carboxylic acids is 2. The number of imide groups is 1. The SMILES string of the molecule is CC(C)(C)OC(=O)N1C(=O)[C@H](N=[N+]=[N-])[C@@H](c2ccccc2)c2ccccc21. The molecule has 1 heterocycles. The van der Waals surface area contributed by atoms with Crippen LogP contribution in [0.15, 0.2) is 59.7 Å². The lowest BCUT2D eigenvalue weighted by Crippen LogP contribution is -2.50. The molecule has 2 atom stereocenters. The molecule has 3 rings (SSSR count). The van der Waals surface area contributed by atoms with Gasteiger partial charge in [0.25, 0.3) is 0 Å². The van der Waals surface area contributed by atoms with Gasteiger partial charge in [-0.05, 0) is 43.5 Å². The normalized spacial score (nSPS) is 19.1. The smallest absolute Gasteiger partial charge is 0.421 e. The lowest BCUT2D eigenvalue weighted by atomic mass is 9.81. The van der Waals surface area contributed by atoms with E-state index in [0.29, 0.717) is 5.69 Å². The molecule has 0 spiro atoms.